The summed E-state index contributed by atoms with van der Waals surface area (Å²) in [4.78, 5) is 22.3. The molecule has 1 aliphatic heterocycles. The first kappa shape index (κ1) is 13.6. The van der Waals surface area contributed by atoms with Gasteiger partial charge in [0, 0.05) is 19.5 Å². The van der Waals surface area contributed by atoms with Gasteiger partial charge in [-0.1, -0.05) is 0 Å². The van der Waals surface area contributed by atoms with Crippen LogP contribution in [0, 0.1) is 0 Å². The van der Waals surface area contributed by atoms with Gasteiger partial charge in [-0.3, -0.25) is 14.3 Å². The summed E-state index contributed by atoms with van der Waals surface area (Å²) in [5.74, 6) is -0.893. The fraction of sp³-hybridized carbons (Fsp3) is 0.615. The Morgan fingerprint density at radius 1 is 1.37 bits per heavy atom. The first-order valence-corrected chi connectivity index (χ1v) is 6.73. The Morgan fingerprint density at radius 3 is 3.00 bits per heavy atom. The van der Waals surface area contributed by atoms with Gasteiger partial charge in [0.15, 0.2) is 0 Å². The largest absolute Gasteiger partial charge is 0.481 e. The highest BCUT2D eigenvalue weighted by Gasteiger charge is 2.19. The van der Waals surface area contributed by atoms with Gasteiger partial charge in [0.05, 0.1) is 17.5 Å². The van der Waals surface area contributed by atoms with Crippen LogP contribution in [0.15, 0.2) is 6.20 Å². The van der Waals surface area contributed by atoms with Gasteiger partial charge in [-0.2, -0.15) is 5.10 Å². The Hall–Kier alpha value is -1.85. The number of hydrogen-bond donors (Lipinski definition) is 2. The highest BCUT2D eigenvalue weighted by molar-refractivity contribution is 5.95. The van der Waals surface area contributed by atoms with Gasteiger partial charge >= 0.3 is 5.97 Å². The molecule has 1 aromatic heterocycles. The van der Waals surface area contributed by atoms with Gasteiger partial charge in [0.25, 0.3) is 5.91 Å². The predicted octanol–water partition coefficient (Wildman–Crippen LogP) is 1.20. The monoisotopic (exact) mass is 265 g/mol. The van der Waals surface area contributed by atoms with Gasteiger partial charge < -0.3 is 10.4 Å². The van der Waals surface area contributed by atoms with Crippen LogP contribution < -0.4 is 5.32 Å². The summed E-state index contributed by atoms with van der Waals surface area (Å²) in [5.41, 5.74) is 1.69. The molecule has 0 bridgehead atoms. The van der Waals surface area contributed by atoms with Crippen LogP contribution >= 0.6 is 0 Å². The Morgan fingerprint density at radius 2 is 2.21 bits per heavy atom. The number of rotatable bonds is 6. The first-order valence-electron chi connectivity index (χ1n) is 6.73. The lowest BCUT2D eigenvalue weighted by atomic mass is 10.1. The zero-order chi connectivity index (χ0) is 13.7. The molecule has 2 rings (SSSR count). The lowest BCUT2D eigenvalue weighted by Crippen LogP contribution is -2.26. The number of aromatic nitrogens is 2. The minimum absolute atomic E-state index is 0.0986. The van der Waals surface area contributed by atoms with Crippen molar-refractivity contribution in [3.8, 4) is 0 Å². The molecule has 2 heterocycles. The highest BCUT2D eigenvalue weighted by Crippen LogP contribution is 2.17. The number of unbranched alkanes of at least 4 members (excludes halogenated alkanes) is 1. The molecule has 6 nitrogen and oxygen atoms in total. The molecule has 0 spiro atoms. The molecular weight excluding hydrogens is 246 g/mol. The van der Waals surface area contributed by atoms with Crippen LogP contribution in [0.1, 0.15) is 48.2 Å². The van der Waals surface area contributed by atoms with Crippen molar-refractivity contribution in [2.24, 2.45) is 0 Å². The number of carboxylic acids is 1. The van der Waals surface area contributed by atoms with Crippen molar-refractivity contribution in [2.75, 3.05) is 6.54 Å². The first-order chi connectivity index (χ1) is 9.18. The molecule has 0 aromatic carbocycles. The van der Waals surface area contributed by atoms with Crippen LogP contribution in [-0.2, 0) is 17.8 Å². The quantitative estimate of drug-likeness (QED) is 0.757. The molecule has 19 heavy (non-hydrogen) atoms. The Kier molecular flexibility index (Phi) is 4.54. The zero-order valence-corrected chi connectivity index (χ0v) is 10.9. The summed E-state index contributed by atoms with van der Waals surface area (Å²) in [7, 11) is 0. The average molecular weight is 265 g/mol. The van der Waals surface area contributed by atoms with E-state index in [1.165, 1.54) is 0 Å². The summed E-state index contributed by atoms with van der Waals surface area (Å²) >= 11 is 0. The topological polar surface area (TPSA) is 84.2 Å². The zero-order valence-electron chi connectivity index (χ0n) is 10.9. The van der Waals surface area contributed by atoms with Crippen LogP contribution in [0.5, 0.6) is 0 Å². The summed E-state index contributed by atoms with van der Waals surface area (Å²) < 4.78 is 1.91. The number of nitrogens with one attached hydrogen (secondary N) is 1. The molecule has 0 atom stereocenters. The minimum atomic E-state index is -0.794. The van der Waals surface area contributed by atoms with Gasteiger partial charge in [-0.05, 0) is 32.1 Å². The second-order valence-corrected chi connectivity index (χ2v) is 4.79. The third kappa shape index (κ3) is 3.56. The second kappa shape index (κ2) is 6.36. The average Bonchev–Trinajstić information content (AvgIpc) is 2.81. The number of amides is 1. The number of aliphatic carboxylic acids is 1. The van der Waals surface area contributed by atoms with Gasteiger partial charge in [0.2, 0.25) is 0 Å². The third-order valence-electron chi connectivity index (χ3n) is 3.33. The van der Waals surface area contributed by atoms with Gasteiger partial charge in [-0.25, -0.2) is 0 Å². The molecule has 1 aliphatic rings. The summed E-state index contributed by atoms with van der Waals surface area (Å²) in [5, 5.41) is 15.6. The second-order valence-electron chi connectivity index (χ2n) is 4.79. The number of hydrogen-bond acceptors (Lipinski definition) is 3. The molecular formula is C13H19N3O3. The molecule has 0 fully saturated rings. The van der Waals surface area contributed by atoms with Crippen molar-refractivity contribution in [1.29, 1.82) is 0 Å². The van der Waals surface area contributed by atoms with Crippen molar-refractivity contribution in [3.05, 3.63) is 17.5 Å². The predicted molar refractivity (Wildman–Crippen MR) is 69.0 cm³/mol. The molecule has 0 radical (unpaired) electrons. The highest BCUT2D eigenvalue weighted by atomic mass is 16.4. The van der Waals surface area contributed by atoms with Crippen molar-refractivity contribution in [1.82, 2.24) is 15.1 Å². The van der Waals surface area contributed by atoms with E-state index < -0.39 is 5.97 Å². The lowest BCUT2D eigenvalue weighted by molar-refractivity contribution is -0.137. The maximum atomic E-state index is 12.0. The normalized spacial score (nSPS) is 13.9. The van der Waals surface area contributed by atoms with Crippen LogP contribution in [0.3, 0.4) is 0 Å². The van der Waals surface area contributed by atoms with E-state index in [-0.39, 0.29) is 12.3 Å². The van der Waals surface area contributed by atoms with Crippen LogP contribution in [0.25, 0.3) is 0 Å². The fourth-order valence-corrected chi connectivity index (χ4v) is 2.31. The maximum absolute atomic E-state index is 12.0. The standard InChI is InChI=1S/C13H19N3O3/c17-12(18)6-1-3-7-14-13(19)10-9-15-16-8-4-2-5-11(10)16/h9H,1-8H2,(H,14,19)(H,17,18). The number of aryl methyl sites for hydroxylation is 1. The molecule has 0 unspecified atom stereocenters. The van der Waals surface area contributed by atoms with Crippen molar-refractivity contribution in [3.63, 3.8) is 0 Å². The van der Waals surface area contributed by atoms with Gasteiger partial charge in [0.1, 0.15) is 0 Å². The maximum Gasteiger partial charge on any atom is 0.303 e. The SMILES string of the molecule is O=C(O)CCCCNC(=O)c1cnn2c1CCCC2. The van der Waals surface area contributed by atoms with E-state index in [9.17, 15) is 9.59 Å². The van der Waals surface area contributed by atoms with E-state index >= 15 is 0 Å². The Labute approximate surface area is 111 Å². The molecule has 2 N–H and O–H groups in total. The Bertz CT molecular complexity index is 468. The molecule has 104 valence electrons. The molecule has 0 aliphatic carbocycles. The van der Waals surface area contributed by atoms with Crippen LogP contribution in [-0.4, -0.2) is 33.3 Å². The fourth-order valence-electron chi connectivity index (χ4n) is 2.31. The van der Waals surface area contributed by atoms with E-state index in [1.54, 1.807) is 6.20 Å². The van der Waals surface area contributed by atoms with E-state index in [0.29, 0.717) is 24.9 Å². The van der Waals surface area contributed by atoms with Crippen molar-refractivity contribution in [2.45, 2.75) is 45.1 Å². The number of carbonyl (C=O) groups excluding carboxylic acids is 1. The third-order valence-corrected chi connectivity index (χ3v) is 3.33. The number of carbonyl (C=O) groups is 2. The van der Waals surface area contributed by atoms with E-state index in [0.717, 1.165) is 31.5 Å². The number of nitrogens with zero attached hydrogens (tertiary/aromatic N) is 2. The van der Waals surface area contributed by atoms with Gasteiger partial charge in [-0.15, -0.1) is 0 Å². The lowest BCUT2D eigenvalue weighted by Gasteiger charge is -2.14. The summed E-state index contributed by atoms with van der Waals surface area (Å²) in [6.45, 7) is 1.40. The molecule has 0 saturated carbocycles. The van der Waals surface area contributed by atoms with E-state index in [4.69, 9.17) is 5.11 Å². The Balaban J connectivity index is 1.80. The van der Waals surface area contributed by atoms with Crippen LogP contribution in [0.2, 0.25) is 0 Å². The number of fused-ring (bicyclic) bond motifs is 1. The van der Waals surface area contributed by atoms with Crippen molar-refractivity contribution >= 4 is 11.9 Å². The molecule has 1 amide bonds. The van der Waals surface area contributed by atoms with Crippen LogP contribution in [0.4, 0.5) is 0 Å². The molecule has 6 heteroatoms. The minimum Gasteiger partial charge on any atom is -0.481 e. The summed E-state index contributed by atoms with van der Waals surface area (Å²) in [6.07, 6.45) is 6.17. The molecule has 0 saturated heterocycles. The molecule has 1 aromatic rings. The van der Waals surface area contributed by atoms with Crippen molar-refractivity contribution < 1.29 is 14.7 Å². The van der Waals surface area contributed by atoms with E-state index in [2.05, 4.69) is 10.4 Å². The summed E-state index contributed by atoms with van der Waals surface area (Å²) in [6, 6.07) is 0. The number of carboxylic acid groups (broad SMARTS) is 1. The van der Waals surface area contributed by atoms with E-state index in [1.807, 2.05) is 4.68 Å². The smallest absolute Gasteiger partial charge is 0.303 e.